The second-order valence-corrected chi connectivity index (χ2v) is 7.34. The fourth-order valence-corrected chi connectivity index (χ4v) is 2.75. The first-order valence-corrected chi connectivity index (χ1v) is 8.09. The third-order valence-corrected chi connectivity index (χ3v) is 3.92. The van der Waals surface area contributed by atoms with Gasteiger partial charge in [0, 0.05) is 21.8 Å². The minimum atomic E-state index is 0.0137. The molecule has 0 atom stereocenters. The predicted molar refractivity (Wildman–Crippen MR) is 97.3 cm³/mol. The van der Waals surface area contributed by atoms with E-state index in [-0.39, 0.29) is 5.41 Å². The van der Waals surface area contributed by atoms with Gasteiger partial charge in [-0.2, -0.15) is 0 Å². The zero-order valence-electron chi connectivity index (χ0n) is 13.8. The van der Waals surface area contributed by atoms with Crippen LogP contribution in [0.5, 0.6) is 5.75 Å². The molecule has 0 aliphatic rings. The average Bonchev–Trinajstić information content (AvgIpc) is 2.45. The number of pyridine rings is 1. The molecular weight excluding hydrogens is 338 g/mol. The van der Waals surface area contributed by atoms with Gasteiger partial charge in [-0.05, 0) is 48.3 Å². The largest absolute Gasteiger partial charge is 0.496 e. The predicted octanol–water partition coefficient (Wildman–Crippen LogP) is 5.63. The van der Waals surface area contributed by atoms with Gasteiger partial charge in [0.2, 0.25) is 0 Å². The first-order valence-electron chi connectivity index (χ1n) is 7.30. The molecule has 0 saturated heterocycles. The topological polar surface area (TPSA) is 22.1 Å². The molecular formula is C19H22BrNO. The summed E-state index contributed by atoms with van der Waals surface area (Å²) in [6, 6.07) is 8.27. The molecule has 3 heteroatoms. The lowest BCUT2D eigenvalue weighted by atomic mass is 9.85. The van der Waals surface area contributed by atoms with Gasteiger partial charge in [0.05, 0.1) is 12.8 Å². The van der Waals surface area contributed by atoms with Crippen molar-refractivity contribution in [2.45, 2.75) is 33.1 Å². The van der Waals surface area contributed by atoms with Crippen LogP contribution in [0.3, 0.4) is 0 Å². The first kappa shape index (κ1) is 16.8. The summed E-state index contributed by atoms with van der Waals surface area (Å²) >= 11 is 3.60. The van der Waals surface area contributed by atoms with E-state index < -0.39 is 0 Å². The Balaban J connectivity index is 2.46. The molecule has 0 unspecified atom stereocenters. The Labute approximate surface area is 141 Å². The van der Waals surface area contributed by atoms with Crippen LogP contribution in [-0.2, 0) is 5.41 Å². The van der Waals surface area contributed by atoms with Crippen LogP contribution in [0.2, 0.25) is 0 Å². The highest BCUT2D eigenvalue weighted by molar-refractivity contribution is 9.10. The molecule has 0 spiro atoms. The molecule has 0 bridgehead atoms. The van der Waals surface area contributed by atoms with Gasteiger partial charge in [-0.1, -0.05) is 42.8 Å². The Morgan fingerprint density at radius 1 is 1.14 bits per heavy atom. The zero-order valence-corrected chi connectivity index (χ0v) is 15.4. The number of benzene rings is 1. The lowest BCUT2D eigenvalue weighted by Crippen LogP contribution is -2.13. The van der Waals surface area contributed by atoms with E-state index in [1.54, 1.807) is 7.11 Å². The maximum absolute atomic E-state index is 5.67. The molecule has 2 nitrogen and oxygen atoms in total. The Bertz CT molecular complexity index is 682. The summed E-state index contributed by atoms with van der Waals surface area (Å²) < 4.78 is 6.72. The summed E-state index contributed by atoms with van der Waals surface area (Å²) in [6.45, 7) is 8.60. The van der Waals surface area contributed by atoms with E-state index in [1.165, 1.54) is 5.56 Å². The van der Waals surface area contributed by atoms with Crippen LogP contribution in [0.25, 0.3) is 12.2 Å². The highest BCUT2D eigenvalue weighted by Crippen LogP contribution is 2.37. The second kappa shape index (κ2) is 6.66. The van der Waals surface area contributed by atoms with Crippen LogP contribution >= 0.6 is 15.9 Å². The Morgan fingerprint density at radius 2 is 1.86 bits per heavy atom. The number of ether oxygens (including phenoxy) is 1. The molecule has 0 N–H and O–H groups in total. The molecule has 0 fully saturated rings. The smallest absolute Gasteiger partial charge is 0.129 e. The molecule has 0 aliphatic heterocycles. The number of rotatable bonds is 3. The van der Waals surface area contributed by atoms with Gasteiger partial charge < -0.3 is 4.74 Å². The quantitative estimate of drug-likeness (QED) is 0.708. The molecule has 22 heavy (non-hydrogen) atoms. The molecule has 116 valence electrons. The van der Waals surface area contributed by atoms with Crippen molar-refractivity contribution >= 4 is 28.1 Å². The summed E-state index contributed by atoms with van der Waals surface area (Å²) in [5.74, 6) is 0.916. The van der Waals surface area contributed by atoms with Crippen LogP contribution in [0, 0.1) is 6.92 Å². The third-order valence-electron chi connectivity index (χ3n) is 3.46. The summed E-state index contributed by atoms with van der Waals surface area (Å²) in [5.41, 5.74) is 4.34. The zero-order chi connectivity index (χ0) is 16.3. The average molecular weight is 360 g/mol. The van der Waals surface area contributed by atoms with Crippen LogP contribution in [-0.4, -0.2) is 12.1 Å². The Kier molecular flexibility index (Phi) is 5.07. The number of hydrogen-bond donors (Lipinski definition) is 0. The molecule has 0 radical (unpaired) electrons. The van der Waals surface area contributed by atoms with Gasteiger partial charge >= 0.3 is 0 Å². The number of aromatic nitrogens is 1. The molecule has 2 rings (SSSR count). The van der Waals surface area contributed by atoms with E-state index >= 15 is 0 Å². The van der Waals surface area contributed by atoms with Gasteiger partial charge in [-0.3, -0.25) is 4.98 Å². The van der Waals surface area contributed by atoms with Gasteiger partial charge in [-0.25, -0.2) is 0 Å². The van der Waals surface area contributed by atoms with E-state index in [0.717, 1.165) is 27.0 Å². The maximum Gasteiger partial charge on any atom is 0.129 e. The van der Waals surface area contributed by atoms with E-state index in [9.17, 15) is 0 Å². The SMILES string of the molecule is COc1c(/C=C/c2ccc(C)cn2)cc(Br)cc1C(C)(C)C. The first-order chi connectivity index (χ1) is 10.3. The monoisotopic (exact) mass is 359 g/mol. The van der Waals surface area contributed by atoms with Crippen LogP contribution in [0.1, 0.15) is 43.2 Å². The van der Waals surface area contributed by atoms with Crippen LogP contribution in [0.4, 0.5) is 0 Å². The molecule has 1 aromatic carbocycles. The number of nitrogens with zero attached hydrogens (tertiary/aromatic N) is 1. The van der Waals surface area contributed by atoms with Crippen molar-refractivity contribution in [1.82, 2.24) is 4.98 Å². The van der Waals surface area contributed by atoms with Crippen LogP contribution < -0.4 is 4.74 Å². The van der Waals surface area contributed by atoms with Crippen molar-refractivity contribution < 1.29 is 4.74 Å². The van der Waals surface area contributed by atoms with Gasteiger partial charge in [0.25, 0.3) is 0 Å². The van der Waals surface area contributed by atoms with E-state index in [0.29, 0.717) is 0 Å². The molecule has 1 heterocycles. The fourth-order valence-electron chi connectivity index (χ4n) is 2.28. The van der Waals surface area contributed by atoms with Gasteiger partial charge in [-0.15, -0.1) is 0 Å². The van der Waals surface area contributed by atoms with E-state index in [2.05, 4.69) is 66.0 Å². The third kappa shape index (κ3) is 3.98. The normalized spacial score (nSPS) is 11.9. The highest BCUT2D eigenvalue weighted by Gasteiger charge is 2.21. The van der Waals surface area contributed by atoms with Crippen molar-refractivity contribution in [3.05, 3.63) is 57.3 Å². The molecule has 1 aromatic heterocycles. The van der Waals surface area contributed by atoms with Gasteiger partial charge in [0.15, 0.2) is 0 Å². The number of aryl methyl sites for hydroxylation is 1. The number of hydrogen-bond acceptors (Lipinski definition) is 2. The van der Waals surface area contributed by atoms with Crippen molar-refractivity contribution in [3.8, 4) is 5.75 Å². The highest BCUT2D eigenvalue weighted by atomic mass is 79.9. The standard InChI is InChI=1S/C19H22BrNO/c1-13-6-8-16(21-12-13)9-7-14-10-15(20)11-17(18(14)22-5)19(2,3)4/h6-12H,1-5H3/b9-7+. The molecule has 0 aliphatic carbocycles. The van der Waals surface area contributed by atoms with Crippen molar-refractivity contribution in [2.24, 2.45) is 0 Å². The summed E-state index contributed by atoms with van der Waals surface area (Å²) in [5, 5.41) is 0. The molecule has 0 amide bonds. The maximum atomic E-state index is 5.67. The van der Waals surface area contributed by atoms with Gasteiger partial charge in [0.1, 0.15) is 5.75 Å². The fraction of sp³-hybridized carbons (Fsp3) is 0.316. The summed E-state index contributed by atoms with van der Waals surface area (Å²) in [7, 11) is 1.72. The minimum absolute atomic E-state index is 0.0137. The summed E-state index contributed by atoms with van der Waals surface area (Å²) in [6.07, 6.45) is 5.94. The van der Waals surface area contributed by atoms with E-state index in [1.807, 2.05) is 25.3 Å². The Morgan fingerprint density at radius 3 is 2.41 bits per heavy atom. The molecule has 0 saturated carbocycles. The van der Waals surface area contributed by atoms with E-state index in [4.69, 9.17) is 4.74 Å². The van der Waals surface area contributed by atoms with Crippen LogP contribution in [0.15, 0.2) is 34.9 Å². The summed E-state index contributed by atoms with van der Waals surface area (Å²) in [4.78, 5) is 4.40. The lowest BCUT2D eigenvalue weighted by molar-refractivity contribution is 0.396. The Hall–Kier alpha value is -1.61. The molecule has 2 aromatic rings. The number of methoxy groups -OCH3 is 1. The van der Waals surface area contributed by atoms with Crippen molar-refractivity contribution in [2.75, 3.05) is 7.11 Å². The number of halogens is 1. The van der Waals surface area contributed by atoms with Crippen molar-refractivity contribution in [1.29, 1.82) is 0 Å². The minimum Gasteiger partial charge on any atom is -0.496 e. The second-order valence-electron chi connectivity index (χ2n) is 6.42. The lowest BCUT2D eigenvalue weighted by Gasteiger charge is -2.23. The van der Waals surface area contributed by atoms with Crippen molar-refractivity contribution in [3.63, 3.8) is 0 Å².